The second-order valence-corrected chi connectivity index (χ2v) is 5.42. The Bertz CT molecular complexity index is 193. The minimum absolute atomic E-state index is 0.0189. The molecule has 0 rings (SSSR count). The Morgan fingerprint density at radius 3 is 2.40 bits per heavy atom. The molecule has 0 aromatic heterocycles. The number of carbonyl (C=O) groups excluding carboxylic acids is 1. The molecule has 90 valence electrons. The van der Waals surface area contributed by atoms with Crippen LogP contribution in [0.4, 0.5) is 0 Å². The second kappa shape index (κ2) is 7.23. The minimum Gasteiger partial charge on any atom is -0.354 e. The molecule has 1 N–H and O–H groups in total. The number of hydrogen-bond donors (Lipinski definition) is 1. The quantitative estimate of drug-likeness (QED) is 0.571. The normalized spacial score (nSPS) is 11.9. The molecule has 0 aliphatic carbocycles. The van der Waals surface area contributed by atoms with E-state index in [1.54, 1.807) is 0 Å². The van der Waals surface area contributed by atoms with Crippen LogP contribution in [0.2, 0.25) is 0 Å². The van der Waals surface area contributed by atoms with Crippen molar-refractivity contribution in [1.29, 1.82) is 0 Å². The smallest absolute Gasteiger partial charge is 0.220 e. The van der Waals surface area contributed by atoms with E-state index in [1.807, 2.05) is 14.1 Å². The summed E-state index contributed by atoms with van der Waals surface area (Å²) in [6.07, 6.45) is 2.65. The van der Waals surface area contributed by atoms with Crippen molar-refractivity contribution >= 4 is 21.8 Å². The van der Waals surface area contributed by atoms with Crippen LogP contribution < -0.4 is 5.32 Å². The van der Waals surface area contributed by atoms with E-state index in [-0.39, 0.29) is 11.4 Å². The van der Waals surface area contributed by atoms with E-state index in [0.717, 1.165) is 18.2 Å². The van der Waals surface area contributed by atoms with Crippen LogP contribution in [0.3, 0.4) is 0 Å². The third-order valence-corrected chi connectivity index (χ3v) is 3.28. The Morgan fingerprint density at radius 1 is 1.33 bits per heavy atom. The first-order valence-electron chi connectivity index (χ1n) is 5.40. The molecule has 4 heteroatoms. The van der Waals surface area contributed by atoms with E-state index < -0.39 is 0 Å². The maximum atomic E-state index is 11.4. The standard InChI is InChI=1S/C11H23BrN2O/c1-11(2,14(3)4)9-13-10(15)7-5-6-8-12/h5-9H2,1-4H3,(H,13,15). The molecule has 0 aromatic rings. The number of rotatable bonds is 7. The van der Waals surface area contributed by atoms with Gasteiger partial charge in [-0.1, -0.05) is 15.9 Å². The van der Waals surface area contributed by atoms with Gasteiger partial charge in [0.1, 0.15) is 0 Å². The van der Waals surface area contributed by atoms with Gasteiger partial charge < -0.3 is 10.2 Å². The number of likely N-dealkylation sites (N-methyl/N-ethyl adjacent to an activating group) is 1. The Labute approximate surface area is 102 Å². The van der Waals surface area contributed by atoms with Gasteiger partial charge in [-0.05, 0) is 40.8 Å². The van der Waals surface area contributed by atoms with E-state index in [9.17, 15) is 4.79 Å². The number of amides is 1. The summed E-state index contributed by atoms with van der Waals surface area (Å²) in [5.41, 5.74) is 0.0189. The Kier molecular flexibility index (Phi) is 7.18. The van der Waals surface area contributed by atoms with Crippen molar-refractivity contribution in [2.24, 2.45) is 0 Å². The number of carbonyl (C=O) groups is 1. The molecule has 0 aliphatic rings. The second-order valence-electron chi connectivity index (χ2n) is 4.63. The molecule has 0 spiro atoms. The van der Waals surface area contributed by atoms with Crippen molar-refractivity contribution in [1.82, 2.24) is 10.2 Å². The first-order chi connectivity index (χ1) is 6.90. The fourth-order valence-corrected chi connectivity index (χ4v) is 1.34. The van der Waals surface area contributed by atoms with Gasteiger partial charge in [0.05, 0.1) is 0 Å². The van der Waals surface area contributed by atoms with Crippen LogP contribution in [0.15, 0.2) is 0 Å². The van der Waals surface area contributed by atoms with E-state index in [2.05, 4.69) is 40.0 Å². The first-order valence-corrected chi connectivity index (χ1v) is 6.52. The predicted octanol–water partition coefficient (Wildman–Crippen LogP) is 2.01. The van der Waals surface area contributed by atoms with Gasteiger partial charge in [-0.2, -0.15) is 0 Å². The average molecular weight is 279 g/mol. The van der Waals surface area contributed by atoms with Crippen molar-refractivity contribution < 1.29 is 4.79 Å². The van der Waals surface area contributed by atoms with E-state index in [4.69, 9.17) is 0 Å². The maximum Gasteiger partial charge on any atom is 0.220 e. The molecule has 0 heterocycles. The molecule has 0 aliphatic heterocycles. The summed E-state index contributed by atoms with van der Waals surface area (Å²) >= 11 is 3.35. The molecule has 3 nitrogen and oxygen atoms in total. The number of nitrogens with zero attached hydrogens (tertiary/aromatic N) is 1. The molecule has 0 radical (unpaired) electrons. The van der Waals surface area contributed by atoms with Crippen molar-refractivity contribution in [3.63, 3.8) is 0 Å². The van der Waals surface area contributed by atoms with Crippen LogP contribution in [0.1, 0.15) is 33.1 Å². The molecule has 0 saturated heterocycles. The first kappa shape index (κ1) is 14.9. The fraction of sp³-hybridized carbons (Fsp3) is 0.909. The highest BCUT2D eigenvalue weighted by Crippen LogP contribution is 2.08. The van der Waals surface area contributed by atoms with Crippen LogP contribution in [-0.2, 0) is 4.79 Å². The van der Waals surface area contributed by atoms with Crippen LogP contribution in [-0.4, -0.2) is 42.3 Å². The largest absolute Gasteiger partial charge is 0.354 e. The number of alkyl halides is 1. The molecule has 15 heavy (non-hydrogen) atoms. The predicted molar refractivity (Wildman–Crippen MR) is 68.4 cm³/mol. The van der Waals surface area contributed by atoms with E-state index in [1.165, 1.54) is 0 Å². The third kappa shape index (κ3) is 6.90. The fourth-order valence-electron chi connectivity index (χ4n) is 0.941. The summed E-state index contributed by atoms with van der Waals surface area (Å²) in [6.45, 7) is 4.94. The molecular weight excluding hydrogens is 256 g/mol. The van der Waals surface area contributed by atoms with Gasteiger partial charge in [0, 0.05) is 23.8 Å². The molecule has 1 amide bonds. The summed E-state index contributed by atoms with van der Waals surface area (Å²) in [6, 6.07) is 0. The van der Waals surface area contributed by atoms with E-state index in [0.29, 0.717) is 13.0 Å². The summed E-state index contributed by atoms with van der Waals surface area (Å²) in [7, 11) is 4.05. The van der Waals surface area contributed by atoms with Crippen LogP contribution >= 0.6 is 15.9 Å². The highest BCUT2D eigenvalue weighted by molar-refractivity contribution is 9.09. The lowest BCUT2D eigenvalue weighted by Gasteiger charge is -2.32. The number of unbranched alkanes of at least 4 members (excludes halogenated alkanes) is 1. The lowest BCUT2D eigenvalue weighted by molar-refractivity contribution is -0.121. The Balaban J connectivity index is 3.71. The summed E-state index contributed by atoms with van der Waals surface area (Å²) in [4.78, 5) is 13.6. The van der Waals surface area contributed by atoms with Crippen LogP contribution in [0.5, 0.6) is 0 Å². The van der Waals surface area contributed by atoms with Gasteiger partial charge in [-0.15, -0.1) is 0 Å². The lowest BCUT2D eigenvalue weighted by Crippen LogP contribution is -2.48. The molecule has 0 bridgehead atoms. The third-order valence-electron chi connectivity index (χ3n) is 2.72. The molecule has 0 saturated carbocycles. The molecule has 0 unspecified atom stereocenters. The minimum atomic E-state index is 0.0189. The zero-order chi connectivity index (χ0) is 11.9. The summed E-state index contributed by atoms with van der Waals surface area (Å²) in [5, 5.41) is 3.94. The van der Waals surface area contributed by atoms with Crippen molar-refractivity contribution in [2.75, 3.05) is 26.0 Å². The van der Waals surface area contributed by atoms with E-state index >= 15 is 0 Å². The van der Waals surface area contributed by atoms with Crippen molar-refractivity contribution in [3.8, 4) is 0 Å². The zero-order valence-corrected chi connectivity index (χ0v) is 11.9. The number of halogens is 1. The van der Waals surface area contributed by atoms with Crippen molar-refractivity contribution in [3.05, 3.63) is 0 Å². The van der Waals surface area contributed by atoms with Gasteiger partial charge in [0.2, 0.25) is 5.91 Å². The highest BCUT2D eigenvalue weighted by Gasteiger charge is 2.20. The van der Waals surface area contributed by atoms with Gasteiger partial charge in [-0.3, -0.25) is 4.79 Å². The topological polar surface area (TPSA) is 32.3 Å². The van der Waals surface area contributed by atoms with Crippen LogP contribution in [0.25, 0.3) is 0 Å². The molecule has 0 aromatic carbocycles. The average Bonchev–Trinajstić information content (AvgIpc) is 2.15. The molecule has 0 atom stereocenters. The molecular formula is C11H23BrN2O. The lowest BCUT2D eigenvalue weighted by atomic mass is 10.0. The van der Waals surface area contributed by atoms with Gasteiger partial charge >= 0.3 is 0 Å². The maximum absolute atomic E-state index is 11.4. The zero-order valence-electron chi connectivity index (χ0n) is 10.3. The van der Waals surface area contributed by atoms with Gasteiger partial charge in [-0.25, -0.2) is 0 Å². The van der Waals surface area contributed by atoms with Crippen molar-refractivity contribution in [2.45, 2.75) is 38.6 Å². The summed E-state index contributed by atoms with van der Waals surface area (Å²) in [5.74, 6) is 0.158. The number of hydrogen-bond acceptors (Lipinski definition) is 2. The van der Waals surface area contributed by atoms with Gasteiger partial charge in [0.25, 0.3) is 0 Å². The highest BCUT2D eigenvalue weighted by atomic mass is 79.9. The number of nitrogens with one attached hydrogen (secondary N) is 1. The summed E-state index contributed by atoms with van der Waals surface area (Å²) < 4.78 is 0. The molecule has 0 fully saturated rings. The SMILES string of the molecule is CN(C)C(C)(C)CNC(=O)CCCCBr. The Morgan fingerprint density at radius 2 is 1.93 bits per heavy atom. The Hall–Kier alpha value is -0.0900. The van der Waals surface area contributed by atoms with Gasteiger partial charge in [0.15, 0.2) is 0 Å². The van der Waals surface area contributed by atoms with Crippen LogP contribution in [0, 0.1) is 0 Å². The monoisotopic (exact) mass is 278 g/mol.